The Morgan fingerprint density at radius 3 is 2.42 bits per heavy atom. The highest BCUT2D eigenvalue weighted by Gasteiger charge is 2.22. The lowest BCUT2D eigenvalue weighted by Gasteiger charge is -2.24. The summed E-state index contributed by atoms with van der Waals surface area (Å²) in [6.45, 7) is 4.40. The second-order valence-electron chi connectivity index (χ2n) is 5.88. The number of hydrogen-bond donors (Lipinski definition) is 1. The van der Waals surface area contributed by atoms with Gasteiger partial charge < -0.3 is 5.32 Å². The van der Waals surface area contributed by atoms with E-state index in [9.17, 15) is 0 Å². The Labute approximate surface area is 122 Å². The molecule has 1 aliphatic rings. The van der Waals surface area contributed by atoms with Crippen molar-refractivity contribution >= 4 is 11.8 Å². The van der Waals surface area contributed by atoms with Crippen molar-refractivity contribution in [2.75, 3.05) is 7.05 Å². The second-order valence-corrected chi connectivity index (χ2v) is 7.11. The van der Waals surface area contributed by atoms with E-state index >= 15 is 0 Å². The molecule has 0 amide bonds. The Balaban J connectivity index is 1.95. The van der Waals surface area contributed by atoms with Crippen LogP contribution in [0.3, 0.4) is 0 Å². The molecule has 1 aliphatic carbocycles. The fourth-order valence-electron chi connectivity index (χ4n) is 3.16. The van der Waals surface area contributed by atoms with E-state index in [1.165, 1.54) is 48.8 Å². The Bertz CT molecular complexity index is 382. The van der Waals surface area contributed by atoms with E-state index in [1.54, 1.807) is 0 Å². The highest BCUT2D eigenvalue weighted by atomic mass is 32.2. The highest BCUT2D eigenvalue weighted by molar-refractivity contribution is 7.99. The number of hydrogen-bond acceptors (Lipinski definition) is 2. The fraction of sp³-hybridized carbons (Fsp3) is 0.647. The highest BCUT2D eigenvalue weighted by Crippen LogP contribution is 2.30. The van der Waals surface area contributed by atoms with Crippen molar-refractivity contribution in [1.29, 1.82) is 0 Å². The minimum Gasteiger partial charge on any atom is -0.316 e. The van der Waals surface area contributed by atoms with Crippen molar-refractivity contribution in [3.63, 3.8) is 0 Å². The van der Waals surface area contributed by atoms with Crippen LogP contribution in [-0.2, 0) is 5.75 Å². The van der Waals surface area contributed by atoms with Crippen molar-refractivity contribution in [2.45, 2.75) is 63.0 Å². The monoisotopic (exact) mass is 277 g/mol. The molecule has 0 heterocycles. The van der Waals surface area contributed by atoms with E-state index in [0.717, 1.165) is 11.0 Å². The van der Waals surface area contributed by atoms with Crippen molar-refractivity contribution in [2.24, 2.45) is 0 Å². The molecule has 2 atom stereocenters. The van der Waals surface area contributed by atoms with Crippen molar-refractivity contribution in [3.05, 3.63) is 34.9 Å². The molecule has 2 rings (SSSR count). The summed E-state index contributed by atoms with van der Waals surface area (Å²) in [4.78, 5) is 0. The van der Waals surface area contributed by atoms with Gasteiger partial charge in [-0.3, -0.25) is 0 Å². The molecule has 1 fully saturated rings. The van der Waals surface area contributed by atoms with Crippen LogP contribution in [0.2, 0.25) is 0 Å². The van der Waals surface area contributed by atoms with Gasteiger partial charge in [0.1, 0.15) is 0 Å². The first-order chi connectivity index (χ1) is 9.19. The summed E-state index contributed by atoms with van der Waals surface area (Å²) in [5.74, 6) is 1.16. The molecule has 1 aromatic rings. The number of aryl methyl sites for hydroxylation is 2. The maximum atomic E-state index is 3.53. The SMILES string of the molecule is CNC1CCCCCC1SCc1cc(C)cc(C)c1. The van der Waals surface area contributed by atoms with Gasteiger partial charge in [-0.25, -0.2) is 0 Å². The molecule has 106 valence electrons. The maximum absolute atomic E-state index is 3.53. The zero-order chi connectivity index (χ0) is 13.7. The molecule has 0 spiro atoms. The molecule has 0 bridgehead atoms. The van der Waals surface area contributed by atoms with Gasteiger partial charge in [0.25, 0.3) is 0 Å². The summed E-state index contributed by atoms with van der Waals surface area (Å²) in [7, 11) is 2.13. The van der Waals surface area contributed by atoms with Crippen LogP contribution in [0.5, 0.6) is 0 Å². The Morgan fingerprint density at radius 2 is 1.74 bits per heavy atom. The van der Waals surface area contributed by atoms with Gasteiger partial charge in [-0.2, -0.15) is 11.8 Å². The van der Waals surface area contributed by atoms with Crippen molar-refractivity contribution in [1.82, 2.24) is 5.32 Å². The predicted octanol–water partition coefficient (Wildman–Crippen LogP) is 4.46. The molecule has 2 unspecified atom stereocenters. The standard InChI is InChI=1S/C17H27NS/c1-13-9-14(2)11-15(10-13)12-19-17-8-6-4-5-7-16(17)18-3/h9-11,16-18H,4-8,12H2,1-3H3. The lowest BCUT2D eigenvalue weighted by Crippen LogP contribution is -2.34. The van der Waals surface area contributed by atoms with Crippen LogP contribution in [0.15, 0.2) is 18.2 Å². The zero-order valence-corrected chi connectivity index (χ0v) is 13.4. The van der Waals surface area contributed by atoms with Crippen LogP contribution in [-0.4, -0.2) is 18.3 Å². The van der Waals surface area contributed by atoms with Crippen molar-refractivity contribution in [3.8, 4) is 0 Å². The normalized spacial score (nSPS) is 24.2. The van der Waals surface area contributed by atoms with Gasteiger partial charge in [0.05, 0.1) is 0 Å². The van der Waals surface area contributed by atoms with Crippen LogP contribution in [0.1, 0.15) is 48.8 Å². The number of thioether (sulfide) groups is 1. The molecule has 1 saturated carbocycles. The van der Waals surface area contributed by atoms with E-state index in [1.807, 2.05) is 0 Å². The van der Waals surface area contributed by atoms with Gasteiger partial charge in [0, 0.05) is 17.0 Å². The largest absolute Gasteiger partial charge is 0.316 e. The van der Waals surface area contributed by atoms with Crippen LogP contribution < -0.4 is 5.32 Å². The average molecular weight is 277 g/mol. The lowest BCUT2D eigenvalue weighted by atomic mass is 10.1. The lowest BCUT2D eigenvalue weighted by molar-refractivity contribution is 0.510. The summed E-state index contributed by atoms with van der Waals surface area (Å²) in [6, 6.07) is 7.64. The summed E-state index contributed by atoms with van der Waals surface area (Å²) in [5.41, 5.74) is 4.27. The molecule has 0 radical (unpaired) electrons. The Kier molecular flexibility index (Phi) is 5.77. The number of rotatable bonds is 4. The smallest absolute Gasteiger partial charge is 0.0204 e. The minimum atomic E-state index is 0.707. The quantitative estimate of drug-likeness (QED) is 0.816. The van der Waals surface area contributed by atoms with Gasteiger partial charge in [0.2, 0.25) is 0 Å². The van der Waals surface area contributed by atoms with Crippen LogP contribution in [0.4, 0.5) is 0 Å². The first kappa shape index (κ1) is 14.9. The van der Waals surface area contributed by atoms with Gasteiger partial charge in [-0.1, -0.05) is 48.6 Å². The van der Waals surface area contributed by atoms with Crippen LogP contribution in [0, 0.1) is 13.8 Å². The number of nitrogens with one attached hydrogen (secondary N) is 1. The topological polar surface area (TPSA) is 12.0 Å². The zero-order valence-electron chi connectivity index (χ0n) is 12.5. The predicted molar refractivity (Wildman–Crippen MR) is 86.9 cm³/mol. The second kappa shape index (κ2) is 7.35. The minimum absolute atomic E-state index is 0.707. The third kappa shape index (κ3) is 4.54. The first-order valence-corrected chi connectivity index (χ1v) is 8.60. The summed E-state index contributed by atoms with van der Waals surface area (Å²) < 4.78 is 0. The number of benzene rings is 1. The molecule has 1 nitrogen and oxygen atoms in total. The van der Waals surface area contributed by atoms with E-state index < -0.39 is 0 Å². The molecular weight excluding hydrogens is 250 g/mol. The van der Waals surface area contributed by atoms with Crippen LogP contribution in [0.25, 0.3) is 0 Å². The van der Waals surface area contributed by atoms with Crippen LogP contribution >= 0.6 is 11.8 Å². The van der Waals surface area contributed by atoms with Gasteiger partial charge in [-0.05, 0) is 39.3 Å². The van der Waals surface area contributed by atoms with E-state index in [-0.39, 0.29) is 0 Å². The summed E-state index contributed by atoms with van der Waals surface area (Å²) >= 11 is 2.15. The molecule has 0 aliphatic heterocycles. The van der Waals surface area contributed by atoms with E-state index in [2.05, 4.69) is 56.2 Å². The molecule has 2 heteroatoms. The van der Waals surface area contributed by atoms with Gasteiger partial charge in [0.15, 0.2) is 0 Å². The molecule has 1 aromatic carbocycles. The fourth-order valence-corrected chi connectivity index (χ4v) is 4.57. The van der Waals surface area contributed by atoms with E-state index in [4.69, 9.17) is 0 Å². The third-order valence-corrected chi connectivity index (χ3v) is 5.56. The first-order valence-electron chi connectivity index (χ1n) is 7.55. The van der Waals surface area contributed by atoms with Crippen molar-refractivity contribution < 1.29 is 0 Å². The molecule has 0 aromatic heterocycles. The molecular formula is C17H27NS. The molecule has 19 heavy (non-hydrogen) atoms. The molecule has 1 N–H and O–H groups in total. The average Bonchev–Trinajstić information content (AvgIpc) is 2.59. The summed E-state index contributed by atoms with van der Waals surface area (Å²) in [5, 5.41) is 4.32. The van der Waals surface area contributed by atoms with Gasteiger partial charge in [-0.15, -0.1) is 0 Å². The van der Waals surface area contributed by atoms with E-state index in [0.29, 0.717) is 6.04 Å². The maximum Gasteiger partial charge on any atom is 0.0204 e. The Morgan fingerprint density at radius 1 is 1.05 bits per heavy atom. The summed E-state index contributed by atoms with van der Waals surface area (Å²) in [6.07, 6.45) is 6.94. The molecule has 0 saturated heterocycles. The Hall–Kier alpha value is -0.470. The van der Waals surface area contributed by atoms with Gasteiger partial charge >= 0.3 is 0 Å². The third-order valence-electron chi connectivity index (χ3n) is 4.07.